The average Bonchev–Trinajstić information content (AvgIpc) is 2.88. The molecule has 0 spiro atoms. The topological polar surface area (TPSA) is 96.7 Å². The minimum atomic E-state index is -1.10. The number of hydrogen-bond donors (Lipinski definition) is 2. The van der Waals surface area contributed by atoms with Crippen LogP contribution in [0.15, 0.2) is 12.3 Å². The lowest BCUT2D eigenvalue weighted by Crippen LogP contribution is -2.46. The van der Waals surface area contributed by atoms with Crippen LogP contribution in [0.25, 0.3) is 0 Å². The van der Waals surface area contributed by atoms with E-state index >= 15 is 0 Å². The molecule has 0 aliphatic carbocycles. The molecule has 2 heterocycles. The Morgan fingerprint density at radius 3 is 2.81 bits per heavy atom. The molecule has 1 fully saturated rings. The van der Waals surface area contributed by atoms with Gasteiger partial charge in [-0.15, -0.1) is 0 Å². The lowest BCUT2D eigenvalue weighted by molar-refractivity contribution is -0.122. The third-order valence-corrected chi connectivity index (χ3v) is 3.21. The van der Waals surface area contributed by atoms with Gasteiger partial charge in [0.1, 0.15) is 6.54 Å². The van der Waals surface area contributed by atoms with Crippen LogP contribution < -0.4 is 5.32 Å². The van der Waals surface area contributed by atoms with E-state index in [-0.39, 0.29) is 24.2 Å². The van der Waals surface area contributed by atoms with E-state index in [1.807, 2.05) is 6.92 Å². The summed E-state index contributed by atoms with van der Waals surface area (Å²) in [5.74, 6) is -1.29. The van der Waals surface area contributed by atoms with Gasteiger partial charge in [0, 0.05) is 31.9 Å². The number of carbonyl (C=O) groups is 2. The number of hydrogen-bond acceptors (Lipinski definition) is 5. The highest BCUT2D eigenvalue weighted by molar-refractivity contribution is 5.85. The van der Waals surface area contributed by atoms with Crippen LogP contribution in [-0.2, 0) is 16.1 Å². The number of rotatable bonds is 6. The van der Waals surface area contributed by atoms with E-state index in [1.165, 1.54) is 16.9 Å². The molecule has 1 aliphatic rings. The van der Waals surface area contributed by atoms with Gasteiger partial charge in [-0.25, -0.2) is 4.79 Å². The molecule has 1 aromatic heterocycles. The number of carboxylic acid groups (broad SMARTS) is 1. The molecule has 1 saturated heterocycles. The van der Waals surface area contributed by atoms with Crippen LogP contribution in [0.5, 0.6) is 0 Å². The van der Waals surface area contributed by atoms with Crippen molar-refractivity contribution >= 4 is 11.9 Å². The van der Waals surface area contributed by atoms with Crippen LogP contribution in [0.4, 0.5) is 0 Å². The maximum atomic E-state index is 11.9. The van der Waals surface area contributed by atoms with Crippen LogP contribution in [-0.4, -0.2) is 70.6 Å². The fraction of sp³-hybridized carbons (Fsp3) is 0.615. The molecule has 8 nitrogen and oxygen atoms in total. The predicted octanol–water partition coefficient (Wildman–Crippen LogP) is -0.582. The van der Waals surface area contributed by atoms with Crippen LogP contribution in [0.2, 0.25) is 0 Å². The fourth-order valence-corrected chi connectivity index (χ4v) is 2.25. The summed E-state index contributed by atoms with van der Waals surface area (Å²) in [4.78, 5) is 24.8. The minimum absolute atomic E-state index is 0.0146. The number of ether oxygens (including phenoxy) is 1. The van der Waals surface area contributed by atoms with Crippen LogP contribution in [0.3, 0.4) is 0 Å². The highest BCUT2D eigenvalue weighted by Gasteiger charge is 2.16. The van der Waals surface area contributed by atoms with Gasteiger partial charge in [-0.05, 0) is 13.0 Å². The quantitative estimate of drug-likeness (QED) is 0.729. The number of nitrogens with zero attached hydrogens (tertiary/aromatic N) is 3. The Morgan fingerprint density at radius 2 is 2.19 bits per heavy atom. The van der Waals surface area contributed by atoms with Gasteiger partial charge in [0.25, 0.3) is 0 Å². The number of aromatic nitrogens is 2. The van der Waals surface area contributed by atoms with Gasteiger partial charge < -0.3 is 15.2 Å². The molecule has 2 rings (SSSR count). The van der Waals surface area contributed by atoms with E-state index in [1.54, 1.807) is 0 Å². The Bertz CT molecular complexity index is 496. The van der Waals surface area contributed by atoms with Crippen molar-refractivity contribution in [3.63, 3.8) is 0 Å². The first-order chi connectivity index (χ1) is 10.0. The first-order valence-corrected chi connectivity index (χ1v) is 6.91. The molecule has 1 amide bonds. The number of aromatic carboxylic acids is 1. The van der Waals surface area contributed by atoms with Gasteiger partial charge in [-0.2, -0.15) is 5.10 Å². The molecule has 21 heavy (non-hydrogen) atoms. The monoisotopic (exact) mass is 296 g/mol. The normalized spacial score (nSPS) is 17.4. The summed E-state index contributed by atoms with van der Waals surface area (Å²) < 4.78 is 6.59. The molecule has 1 unspecified atom stereocenters. The molecule has 0 aromatic carbocycles. The first-order valence-electron chi connectivity index (χ1n) is 6.91. The number of carboxylic acids is 1. The zero-order valence-corrected chi connectivity index (χ0v) is 12.0. The molecule has 1 atom stereocenters. The third kappa shape index (κ3) is 4.83. The highest BCUT2D eigenvalue weighted by atomic mass is 16.5. The second kappa shape index (κ2) is 7.19. The summed E-state index contributed by atoms with van der Waals surface area (Å²) >= 11 is 0. The number of morpholine rings is 1. The van der Waals surface area contributed by atoms with Crippen LogP contribution in [0, 0.1) is 0 Å². The summed E-state index contributed by atoms with van der Waals surface area (Å²) in [7, 11) is 0. The number of nitrogens with one attached hydrogen (secondary N) is 1. The lowest BCUT2D eigenvalue weighted by Gasteiger charge is -2.29. The van der Waals surface area contributed by atoms with Crippen molar-refractivity contribution in [2.24, 2.45) is 0 Å². The highest BCUT2D eigenvalue weighted by Crippen LogP contribution is 1.99. The molecular formula is C13H20N4O4. The second-order valence-corrected chi connectivity index (χ2v) is 5.09. The summed E-state index contributed by atoms with van der Waals surface area (Å²) in [6.07, 6.45) is 1.48. The minimum Gasteiger partial charge on any atom is -0.476 e. The van der Waals surface area contributed by atoms with E-state index in [0.29, 0.717) is 0 Å². The van der Waals surface area contributed by atoms with E-state index in [2.05, 4.69) is 15.3 Å². The van der Waals surface area contributed by atoms with Crippen molar-refractivity contribution in [3.05, 3.63) is 18.0 Å². The van der Waals surface area contributed by atoms with Crippen LogP contribution >= 0.6 is 0 Å². The van der Waals surface area contributed by atoms with Gasteiger partial charge in [0.2, 0.25) is 5.91 Å². The summed E-state index contributed by atoms with van der Waals surface area (Å²) in [5, 5.41) is 15.5. The van der Waals surface area contributed by atoms with Gasteiger partial charge >= 0.3 is 5.97 Å². The van der Waals surface area contributed by atoms with Gasteiger partial charge in [-0.3, -0.25) is 14.4 Å². The zero-order valence-electron chi connectivity index (χ0n) is 12.0. The molecule has 1 aliphatic heterocycles. The Morgan fingerprint density at radius 1 is 1.48 bits per heavy atom. The smallest absolute Gasteiger partial charge is 0.356 e. The third-order valence-electron chi connectivity index (χ3n) is 3.21. The fourth-order valence-electron chi connectivity index (χ4n) is 2.25. The van der Waals surface area contributed by atoms with E-state index in [4.69, 9.17) is 9.84 Å². The lowest BCUT2D eigenvalue weighted by atomic mass is 10.3. The van der Waals surface area contributed by atoms with Crippen molar-refractivity contribution in [1.82, 2.24) is 20.0 Å². The average molecular weight is 296 g/mol. The Hall–Kier alpha value is -1.93. The van der Waals surface area contributed by atoms with Crippen molar-refractivity contribution in [2.75, 3.05) is 32.8 Å². The molecule has 0 saturated carbocycles. The second-order valence-electron chi connectivity index (χ2n) is 5.09. The Labute approximate surface area is 122 Å². The predicted molar refractivity (Wildman–Crippen MR) is 74.1 cm³/mol. The zero-order chi connectivity index (χ0) is 15.2. The molecular weight excluding hydrogens is 276 g/mol. The van der Waals surface area contributed by atoms with Gasteiger partial charge in [-0.1, -0.05) is 0 Å². The standard InChI is InChI=1S/C13H20N4O4/c1-10(8-16-4-6-21-7-5-16)14-12(18)9-17-3-2-11(15-17)13(19)20/h2-3,10H,4-9H2,1H3,(H,14,18)(H,19,20). The maximum absolute atomic E-state index is 11.9. The molecule has 1 aromatic rings. The van der Waals surface area contributed by atoms with E-state index < -0.39 is 5.97 Å². The Kier molecular flexibility index (Phi) is 5.29. The van der Waals surface area contributed by atoms with E-state index in [9.17, 15) is 9.59 Å². The molecule has 2 N–H and O–H groups in total. The molecule has 8 heteroatoms. The van der Waals surface area contributed by atoms with Crippen molar-refractivity contribution in [3.8, 4) is 0 Å². The van der Waals surface area contributed by atoms with Gasteiger partial charge in [0.15, 0.2) is 5.69 Å². The van der Waals surface area contributed by atoms with Crippen LogP contribution in [0.1, 0.15) is 17.4 Å². The number of carbonyl (C=O) groups excluding carboxylic acids is 1. The molecule has 116 valence electrons. The summed E-state index contributed by atoms with van der Waals surface area (Å²) in [5.41, 5.74) is -0.0656. The van der Waals surface area contributed by atoms with Crippen molar-refractivity contribution in [2.45, 2.75) is 19.5 Å². The summed E-state index contributed by atoms with van der Waals surface area (Å²) in [6.45, 7) is 5.94. The van der Waals surface area contributed by atoms with Gasteiger partial charge in [0.05, 0.1) is 13.2 Å². The first kappa shape index (κ1) is 15.5. The maximum Gasteiger partial charge on any atom is 0.356 e. The van der Waals surface area contributed by atoms with Crippen molar-refractivity contribution in [1.29, 1.82) is 0 Å². The molecule has 0 radical (unpaired) electrons. The summed E-state index contributed by atoms with van der Waals surface area (Å²) in [6, 6.07) is 1.39. The Balaban J connectivity index is 1.76. The molecule has 0 bridgehead atoms. The largest absolute Gasteiger partial charge is 0.476 e. The van der Waals surface area contributed by atoms with E-state index in [0.717, 1.165) is 32.8 Å². The SMILES string of the molecule is CC(CN1CCOCC1)NC(=O)Cn1ccc(C(=O)O)n1. The van der Waals surface area contributed by atoms with Crippen molar-refractivity contribution < 1.29 is 19.4 Å². The number of amides is 1.